The minimum atomic E-state index is -4.71. The predicted octanol–water partition coefficient (Wildman–Crippen LogP) is 6.29. The second-order valence-electron chi connectivity index (χ2n) is 19.5. The van der Waals surface area contributed by atoms with Crippen LogP contribution in [0.5, 0.6) is 5.75 Å². The van der Waals surface area contributed by atoms with Gasteiger partial charge in [-0.25, -0.2) is 9.36 Å². The van der Waals surface area contributed by atoms with Crippen LogP contribution in [-0.2, 0) is 68.3 Å². The van der Waals surface area contributed by atoms with Gasteiger partial charge >= 0.3 is 19.8 Å². The first-order valence-corrected chi connectivity index (χ1v) is 30.3. The number of amides is 4. The Bertz CT molecular complexity index is 1900. The van der Waals surface area contributed by atoms with Gasteiger partial charge in [0.2, 0.25) is 23.6 Å². The Labute approximate surface area is 473 Å². The van der Waals surface area contributed by atoms with Gasteiger partial charge in [-0.3, -0.25) is 43.3 Å². The minimum Gasteiger partial charge on any atom is -0.481 e. The summed E-state index contributed by atoms with van der Waals surface area (Å²) >= 11 is 0. The molecule has 9 N–H and O–H groups in total. The number of aliphatic hydroxyl groups is 1. The van der Waals surface area contributed by atoms with Crippen LogP contribution >= 0.6 is 7.82 Å². The number of Topliss-reactive ketones (excluding diaryl/α,β-unsaturated/α-hetero) is 2. The van der Waals surface area contributed by atoms with E-state index in [9.17, 15) is 53.1 Å². The van der Waals surface area contributed by atoms with Crippen molar-refractivity contribution in [2.75, 3.05) is 72.6 Å². The molecule has 0 aromatic heterocycles. The number of carbonyl (C=O) groups is 8. The molecule has 1 aromatic rings. The van der Waals surface area contributed by atoms with E-state index in [1.807, 2.05) is 20.8 Å². The van der Waals surface area contributed by atoms with E-state index in [1.165, 1.54) is 75.6 Å². The molecule has 23 nitrogen and oxygen atoms in total. The van der Waals surface area contributed by atoms with E-state index < -0.39 is 44.2 Å². The number of hydrogen-bond acceptors (Lipinski definition) is 15. The number of carboxylic acid groups (broad SMARTS) is 2. The first kappa shape index (κ1) is 75.1. The summed E-state index contributed by atoms with van der Waals surface area (Å²) in [6, 6.07) is 3.73. The molecule has 0 aliphatic carbocycles. The van der Waals surface area contributed by atoms with Crippen molar-refractivity contribution in [2.24, 2.45) is 5.92 Å². The summed E-state index contributed by atoms with van der Waals surface area (Å²) in [5, 5.41) is 37.9. The highest BCUT2D eigenvalue weighted by molar-refractivity contribution is 7.46. The van der Waals surface area contributed by atoms with Gasteiger partial charge < -0.3 is 60.1 Å². The number of rotatable bonds is 52. The molecule has 0 aliphatic heterocycles. The molecule has 0 saturated carbocycles. The Morgan fingerprint density at radius 2 is 1.07 bits per heavy atom. The zero-order chi connectivity index (χ0) is 59.7. The number of aliphatic hydroxyl groups excluding tert-OH is 1. The molecule has 80 heavy (non-hydrogen) atoms. The van der Waals surface area contributed by atoms with Gasteiger partial charge in [0.1, 0.15) is 37.4 Å². The minimum absolute atomic E-state index is 0.0444. The number of aliphatic carboxylic acids is 2. The number of phosphoric acid groups is 1. The topological polar surface area (TPSA) is 349 Å². The summed E-state index contributed by atoms with van der Waals surface area (Å²) in [6.07, 6.45) is 20.3. The van der Waals surface area contributed by atoms with E-state index >= 15 is 0 Å². The van der Waals surface area contributed by atoms with E-state index in [2.05, 4.69) is 25.8 Å². The van der Waals surface area contributed by atoms with E-state index in [1.54, 1.807) is 0 Å². The molecule has 0 aliphatic rings. The highest BCUT2D eigenvalue weighted by Gasteiger charge is 2.25. The van der Waals surface area contributed by atoms with Crippen molar-refractivity contribution >= 4 is 55.0 Å². The number of nitrogens with one attached hydrogen (secondary N) is 4. The maximum Gasteiger partial charge on any atom is 0.524 e. The van der Waals surface area contributed by atoms with Crippen molar-refractivity contribution in [2.45, 2.75) is 193 Å². The Hall–Kier alpha value is -4.87. The number of carboxylic acids is 2. The molecular weight excluding hydrogens is 1060 g/mol. The fourth-order valence-electron chi connectivity index (χ4n) is 8.06. The van der Waals surface area contributed by atoms with Gasteiger partial charge in [0, 0.05) is 51.3 Å². The number of hydrogen-bond donors (Lipinski definition) is 9. The average molecular weight is 1160 g/mol. The molecule has 460 valence electrons. The van der Waals surface area contributed by atoms with Crippen LogP contribution in [0.2, 0.25) is 0 Å². The summed E-state index contributed by atoms with van der Waals surface area (Å²) in [6.45, 7) is 7.60. The standard InChI is InChI=1S/C30H50N3O13P.C26H47NO6/c1-3-24(30(38)33-26(27(35)20-34)19-23-8-10-25(11-9-23)46-47(39,40)41)7-5-6-12-31-28(36)21-45-18-16-43-14-13-32-29(37)22-44-17-15-42-4-2;1-2-17-22(28)20-21-23(26(32)33)27-24(29)18-15-13-11-9-7-5-3-4-6-8-10-12-14-16-19-25(30)31/h8-11,24,26,34H,3-7,12-22H2,1-2H3,(H,31,36)(H,32,37)(H,33,38)(H2,39,40,41);23H,2-21H2,1H3,(H,27,29)(H,30,31)(H,32,33)/t24-,26?;23-/m00/s1. The van der Waals surface area contributed by atoms with Crippen LogP contribution < -0.4 is 25.8 Å². The smallest absolute Gasteiger partial charge is 0.481 e. The number of phosphoric ester groups is 1. The van der Waals surface area contributed by atoms with Gasteiger partial charge in [-0.05, 0) is 76.0 Å². The Morgan fingerprint density at radius 1 is 0.550 bits per heavy atom. The molecule has 3 atom stereocenters. The van der Waals surface area contributed by atoms with Crippen molar-refractivity contribution in [1.29, 1.82) is 0 Å². The zero-order valence-corrected chi connectivity index (χ0v) is 48.8. The van der Waals surface area contributed by atoms with Crippen molar-refractivity contribution < 1.29 is 91.5 Å². The molecular formula is C56H97N4O19P. The quantitative estimate of drug-likeness (QED) is 0.0255. The van der Waals surface area contributed by atoms with Gasteiger partial charge in [0.15, 0.2) is 5.78 Å². The largest absolute Gasteiger partial charge is 0.524 e. The SMILES string of the molecule is CCCC(=O)CC[C@H](NC(=O)CCCCCCCCCCCCCCCCC(=O)O)C(=O)O.CCOCCOCC(=O)NCCOCCOCC(=O)NCCCC[C@H](CC)C(=O)NC(Cc1ccc(OP(=O)(O)O)cc1)C(=O)CO. The summed E-state index contributed by atoms with van der Waals surface area (Å²) in [4.78, 5) is 112. The Morgan fingerprint density at radius 3 is 1.57 bits per heavy atom. The van der Waals surface area contributed by atoms with E-state index in [0.29, 0.717) is 90.0 Å². The number of benzene rings is 1. The van der Waals surface area contributed by atoms with Crippen LogP contribution in [0.4, 0.5) is 0 Å². The number of carbonyl (C=O) groups excluding carboxylic acids is 6. The first-order valence-electron chi connectivity index (χ1n) is 28.7. The van der Waals surface area contributed by atoms with Crippen molar-refractivity contribution in [3.8, 4) is 5.75 Å². The second-order valence-corrected chi connectivity index (χ2v) is 20.6. The lowest BCUT2D eigenvalue weighted by molar-refractivity contribution is -0.142. The Kier molecular flexibility index (Phi) is 46.9. The molecule has 4 amide bonds. The fourth-order valence-corrected chi connectivity index (χ4v) is 8.46. The lowest BCUT2D eigenvalue weighted by Gasteiger charge is -2.21. The van der Waals surface area contributed by atoms with Crippen LogP contribution in [-0.4, -0.2) is 157 Å². The third-order valence-electron chi connectivity index (χ3n) is 12.5. The molecule has 0 bridgehead atoms. The summed E-state index contributed by atoms with van der Waals surface area (Å²) < 4.78 is 36.4. The maximum absolute atomic E-state index is 12.9. The van der Waals surface area contributed by atoms with Crippen molar-refractivity contribution in [3.63, 3.8) is 0 Å². The highest BCUT2D eigenvalue weighted by Crippen LogP contribution is 2.37. The third-order valence-corrected chi connectivity index (χ3v) is 13.0. The molecule has 1 aromatic carbocycles. The summed E-state index contributed by atoms with van der Waals surface area (Å²) in [5.74, 6) is -3.83. The molecule has 0 heterocycles. The van der Waals surface area contributed by atoms with Gasteiger partial charge in [0.05, 0.1) is 39.1 Å². The molecule has 0 fully saturated rings. The van der Waals surface area contributed by atoms with E-state index in [4.69, 9.17) is 33.8 Å². The first-order chi connectivity index (χ1) is 38.3. The van der Waals surface area contributed by atoms with E-state index in [-0.39, 0.29) is 86.8 Å². The number of ketones is 2. The fraction of sp³-hybridized carbons (Fsp3) is 0.750. The van der Waals surface area contributed by atoms with Gasteiger partial charge in [-0.2, -0.15) is 0 Å². The Balaban J connectivity index is 0.00000166. The number of unbranched alkanes of at least 4 members (excludes halogenated alkanes) is 14. The lowest BCUT2D eigenvalue weighted by atomic mass is 9.96. The molecule has 0 saturated heterocycles. The van der Waals surface area contributed by atoms with Crippen LogP contribution in [0.15, 0.2) is 24.3 Å². The second kappa shape index (κ2) is 49.9. The molecule has 1 rings (SSSR count). The third kappa shape index (κ3) is 45.8. The van der Waals surface area contributed by atoms with Crippen molar-refractivity contribution in [3.05, 3.63) is 29.8 Å². The zero-order valence-electron chi connectivity index (χ0n) is 47.9. The molecule has 0 spiro atoms. The van der Waals surface area contributed by atoms with Gasteiger partial charge in [-0.1, -0.05) is 109 Å². The molecule has 24 heteroatoms. The van der Waals surface area contributed by atoms with Crippen LogP contribution in [0.25, 0.3) is 0 Å². The highest BCUT2D eigenvalue weighted by atomic mass is 31.2. The molecule has 1 unspecified atom stereocenters. The van der Waals surface area contributed by atoms with Crippen LogP contribution in [0, 0.1) is 5.92 Å². The van der Waals surface area contributed by atoms with Crippen LogP contribution in [0.1, 0.15) is 180 Å². The van der Waals surface area contributed by atoms with Crippen molar-refractivity contribution in [1.82, 2.24) is 21.3 Å². The number of ether oxygens (including phenoxy) is 4. The maximum atomic E-state index is 12.9. The predicted molar refractivity (Wildman–Crippen MR) is 300 cm³/mol. The summed E-state index contributed by atoms with van der Waals surface area (Å²) in [7, 11) is -4.71. The van der Waals surface area contributed by atoms with Gasteiger partial charge in [-0.15, -0.1) is 0 Å². The normalized spacial score (nSPS) is 12.3. The van der Waals surface area contributed by atoms with Gasteiger partial charge in [0.25, 0.3) is 0 Å². The summed E-state index contributed by atoms with van der Waals surface area (Å²) in [5.41, 5.74) is 0.590. The molecule has 0 radical (unpaired) electrons. The van der Waals surface area contributed by atoms with E-state index in [0.717, 1.165) is 44.9 Å². The van der Waals surface area contributed by atoms with Crippen LogP contribution in [0.3, 0.4) is 0 Å². The monoisotopic (exact) mass is 1160 g/mol. The average Bonchev–Trinajstić information content (AvgIpc) is 3.41. The lowest BCUT2D eigenvalue weighted by Crippen LogP contribution is -2.46.